The summed E-state index contributed by atoms with van der Waals surface area (Å²) in [6.07, 6.45) is 0. The van der Waals surface area contributed by atoms with E-state index in [0.717, 1.165) is 10.0 Å². The van der Waals surface area contributed by atoms with Crippen molar-refractivity contribution < 1.29 is 9.13 Å². The maximum atomic E-state index is 12.8. The molecule has 1 rings (SSSR count). The molecule has 0 saturated heterocycles. The van der Waals surface area contributed by atoms with E-state index in [1.807, 2.05) is 6.92 Å². The molecule has 70 valence electrons. The zero-order chi connectivity index (χ0) is 9.84. The van der Waals surface area contributed by atoms with Crippen LogP contribution in [0, 0.1) is 12.7 Å². The molecule has 0 aliphatic rings. The molecule has 3 heteroatoms. The van der Waals surface area contributed by atoms with Crippen LogP contribution in [0.1, 0.15) is 5.56 Å². The molecule has 0 bridgehead atoms. The molecule has 0 aliphatic heterocycles. The van der Waals surface area contributed by atoms with Gasteiger partial charge >= 0.3 is 0 Å². The Labute approximate surface area is 85.3 Å². The van der Waals surface area contributed by atoms with Crippen LogP contribution in [0.25, 0.3) is 0 Å². The molecular formula is C10H10BrFO. The summed E-state index contributed by atoms with van der Waals surface area (Å²) >= 11 is 3.16. The van der Waals surface area contributed by atoms with Gasteiger partial charge in [0, 0.05) is 10.5 Å². The SMILES string of the molecule is C=C(Br)COc1cc(F)ccc1C. The third kappa shape index (κ3) is 3.19. The van der Waals surface area contributed by atoms with E-state index >= 15 is 0 Å². The van der Waals surface area contributed by atoms with Crippen LogP contribution in [0.2, 0.25) is 0 Å². The van der Waals surface area contributed by atoms with Crippen molar-refractivity contribution in [2.24, 2.45) is 0 Å². The Morgan fingerprint density at radius 2 is 2.31 bits per heavy atom. The van der Waals surface area contributed by atoms with Gasteiger partial charge in [-0.2, -0.15) is 0 Å². The molecule has 0 unspecified atom stereocenters. The van der Waals surface area contributed by atoms with Crippen LogP contribution < -0.4 is 4.74 Å². The van der Waals surface area contributed by atoms with Gasteiger partial charge in [-0.05, 0) is 18.6 Å². The Kier molecular flexibility index (Phi) is 3.48. The largest absolute Gasteiger partial charge is 0.488 e. The predicted molar refractivity (Wildman–Crippen MR) is 54.7 cm³/mol. The van der Waals surface area contributed by atoms with Gasteiger partial charge < -0.3 is 4.74 Å². The van der Waals surface area contributed by atoms with Crippen LogP contribution in [-0.2, 0) is 0 Å². The number of ether oxygens (including phenoxy) is 1. The molecule has 0 saturated carbocycles. The fraction of sp³-hybridized carbons (Fsp3) is 0.200. The summed E-state index contributed by atoms with van der Waals surface area (Å²) in [6.45, 7) is 5.84. The lowest BCUT2D eigenvalue weighted by molar-refractivity contribution is 0.356. The number of benzene rings is 1. The number of hydrogen-bond donors (Lipinski definition) is 0. The van der Waals surface area contributed by atoms with Crippen LogP contribution >= 0.6 is 15.9 Å². The van der Waals surface area contributed by atoms with Crippen LogP contribution in [0.3, 0.4) is 0 Å². The minimum absolute atomic E-state index is 0.291. The molecule has 1 aromatic carbocycles. The van der Waals surface area contributed by atoms with Crippen molar-refractivity contribution >= 4 is 15.9 Å². The molecule has 0 amide bonds. The number of hydrogen-bond acceptors (Lipinski definition) is 1. The second kappa shape index (κ2) is 4.42. The fourth-order valence-corrected chi connectivity index (χ4v) is 1.000. The van der Waals surface area contributed by atoms with Gasteiger partial charge in [0.25, 0.3) is 0 Å². The average molecular weight is 245 g/mol. The van der Waals surface area contributed by atoms with E-state index in [1.54, 1.807) is 6.07 Å². The maximum absolute atomic E-state index is 12.8. The monoisotopic (exact) mass is 244 g/mol. The van der Waals surface area contributed by atoms with E-state index in [1.165, 1.54) is 12.1 Å². The normalized spacial score (nSPS) is 9.77. The molecule has 0 spiro atoms. The van der Waals surface area contributed by atoms with Crippen molar-refractivity contribution in [2.75, 3.05) is 6.61 Å². The highest BCUT2D eigenvalue weighted by Gasteiger charge is 2.01. The lowest BCUT2D eigenvalue weighted by Crippen LogP contribution is -1.98. The summed E-state index contributed by atoms with van der Waals surface area (Å²) in [6, 6.07) is 4.46. The Bertz CT molecular complexity index is 323. The summed E-state index contributed by atoms with van der Waals surface area (Å²) in [5.74, 6) is 0.265. The number of halogens is 2. The minimum Gasteiger partial charge on any atom is -0.488 e. The third-order valence-electron chi connectivity index (χ3n) is 1.53. The van der Waals surface area contributed by atoms with Crippen molar-refractivity contribution in [3.63, 3.8) is 0 Å². The summed E-state index contributed by atoms with van der Waals surface area (Å²) in [5, 5.41) is 0. The first-order valence-corrected chi connectivity index (χ1v) is 4.61. The van der Waals surface area contributed by atoms with Crippen LogP contribution in [0.4, 0.5) is 4.39 Å². The first kappa shape index (κ1) is 10.3. The smallest absolute Gasteiger partial charge is 0.126 e. The van der Waals surface area contributed by atoms with E-state index < -0.39 is 0 Å². The maximum Gasteiger partial charge on any atom is 0.126 e. The first-order valence-electron chi connectivity index (χ1n) is 3.82. The van der Waals surface area contributed by atoms with Gasteiger partial charge in [-0.3, -0.25) is 0 Å². The highest BCUT2D eigenvalue weighted by molar-refractivity contribution is 9.11. The quantitative estimate of drug-likeness (QED) is 0.792. The summed E-state index contributed by atoms with van der Waals surface area (Å²) in [7, 11) is 0. The Balaban J connectivity index is 2.75. The van der Waals surface area contributed by atoms with Gasteiger partial charge in [0.2, 0.25) is 0 Å². The summed E-state index contributed by atoms with van der Waals surface area (Å²) < 4.78 is 18.8. The second-order valence-electron chi connectivity index (χ2n) is 2.72. The molecule has 0 atom stereocenters. The highest BCUT2D eigenvalue weighted by atomic mass is 79.9. The van der Waals surface area contributed by atoms with Crippen molar-refractivity contribution in [1.29, 1.82) is 0 Å². The summed E-state index contributed by atoms with van der Waals surface area (Å²) in [4.78, 5) is 0. The summed E-state index contributed by atoms with van der Waals surface area (Å²) in [5.41, 5.74) is 0.912. The van der Waals surface area contributed by atoms with Gasteiger partial charge in [-0.15, -0.1) is 0 Å². The van der Waals surface area contributed by atoms with Crippen LogP contribution in [-0.4, -0.2) is 6.61 Å². The molecular weight excluding hydrogens is 235 g/mol. The highest BCUT2D eigenvalue weighted by Crippen LogP contribution is 2.19. The molecule has 1 aromatic rings. The van der Waals surface area contributed by atoms with Gasteiger partial charge in [0.15, 0.2) is 0 Å². The van der Waals surface area contributed by atoms with Gasteiger partial charge in [0.05, 0.1) is 0 Å². The Hall–Kier alpha value is -0.830. The van der Waals surface area contributed by atoms with Crippen LogP contribution in [0.5, 0.6) is 5.75 Å². The van der Waals surface area contributed by atoms with Gasteiger partial charge in [-0.25, -0.2) is 4.39 Å². The first-order chi connectivity index (χ1) is 6.09. The zero-order valence-corrected chi connectivity index (χ0v) is 8.90. The van der Waals surface area contributed by atoms with Crippen molar-refractivity contribution in [1.82, 2.24) is 0 Å². The van der Waals surface area contributed by atoms with E-state index in [4.69, 9.17) is 4.74 Å². The molecule has 0 heterocycles. The van der Waals surface area contributed by atoms with Crippen molar-refractivity contribution in [2.45, 2.75) is 6.92 Å². The minimum atomic E-state index is -0.291. The molecule has 0 fully saturated rings. The topological polar surface area (TPSA) is 9.23 Å². The fourth-order valence-electron chi connectivity index (χ4n) is 0.885. The van der Waals surface area contributed by atoms with Gasteiger partial charge in [0.1, 0.15) is 18.2 Å². The number of aryl methyl sites for hydroxylation is 1. The van der Waals surface area contributed by atoms with Crippen molar-refractivity contribution in [3.8, 4) is 5.75 Å². The van der Waals surface area contributed by atoms with Crippen LogP contribution in [0.15, 0.2) is 29.3 Å². The molecule has 1 nitrogen and oxygen atoms in total. The van der Waals surface area contributed by atoms with Gasteiger partial charge in [-0.1, -0.05) is 28.6 Å². The van der Waals surface area contributed by atoms with E-state index in [0.29, 0.717) is 12.4 Å². The van der Waals surface area contributed by atoms with E-state index in [-0.39, 0.29) is 5.82 Å². The van der Waals surface area contributed by atoms with E-state index in [2.05, 4.69) is 22.5 Å². The molecule has 13 heavy (non-hydrogen) atoms. The predicted octanol–water partition coefficient (Wildman–Crippen LogP) is 3.42. The molecule has 0 radical (unpaired) electrons. The van der Waals surface area contributed by atoms with Crippen molar-refractivity contribution in [3.05, 3.63) is 40.6 Å². The standard InChI is InChI=1S/C10H10BrFO/c1-7-3-4-9(12)5-10(7)13-6-8(2)11/h3-5H,2,6H2,1H3. The molecule has 0 aliphatic carbocycles. The lowest BCUT2D eigenvalue weighted by atomic mass is 10.2. The zero-order valence-electron chi connectivity index (χ0n) is 7.31. The second-order valence-corrected chi connectivity index (χ2v) is 3.84. The molecule has 0 N–H and O–H groups in total. The lowest BCUT2D eigenvalue weighted by Gasteiger charge is -2.07. The Morgan fingerprint density at radius 1 is 1.62 bits per heavy atom. The molecule has 0 aromatic heterocycles. The Morgan fingerprint density at radius 3 is 2.92 bits per heavy atom. The average Bonchev–Trinajstić information content (AvgIpc) is 2.06. The number of rotatable bonds is 3. The third-order valence-corrected chi connectivity index (χ3v) is 1.76. The van der Waals surface area contributed by atoms with E-state index in [9.17, 15) is 4.39 Å².